The Bertz CT molecular complexity index is 869. The second-order valence-electron chi connectivity index (χ2n) is 6.26. The van der Waals surface area contributed by atoms with Crippen LogP contribution in [0.4, 0.5) is 5.69 Å². The number of benzene rings is 1. The summed E-state index contributed by atoms with van der Waals surface area (Å²) in [6, 6.07) is 6.73. The van der Waals surface area contributed by atoms with Crippen LogP contribution in [-0.4, -0.2) is 34.0 Å². The maximum Gasteiger partial charge on any atom is 0.305 e. The van der Waals surface area contributed by atoms with Gasteiger partial charge in [0.2, 0.25) is 0 Å². The minimum absolute atomic E-state index is 0.105. The highest BCUT2D eigenvalue weighted by Gasteiger charge is 2.27. The highest BCUT2D eigenvalue weighted by atomic mass is 16.4. The molecule has 25 heavy (non-hydrogen) atoms. The molecule has 1 aromatic heterocycles. The molecule has 1 aliphatic rings. The Hall–Kier alpha value is -3.09. The maximum absolute atomic E-state index is 12.5. The number of hydrogen-bond donors (Lipinski definition) is 3. The summed E-state index contributed by atoms with van der Waals surface area (Å²) in [7, 11) is 0. The van der Waals surface area contributed by atoms with Crippen LogP contribution in [0.1, 0.15) is 44.4 Å². The molecule has 7 heteroatoms. The number of carboxylic acids is 1. The number of aliphatic carboxylic acids is 1. The predicted molar refractivity (Wildman–Crippen MR) is 91.9 cm³/mol. The van der Waals surface area contributed by atoms with Gasteiger partial charge in [-0.3, -0.25) is 14.4 Å². The fourth-order valence-corrected chi connectivity index (χ4v) is 3.07. The van der Waals surface area contributed by atoms with Gasteiger partial charge in [-0.1, -0.05) is 17.7 Å². The molecule has 0 radical (unpaired) electrons. The van der Waals surface area contributed by atoms with Gasteiger partial charge in [0.25, 0.3) is 11.8 Å². The van der Waals surface area contributed by atoms with Crippen LogP contribution in [0.25, 0.3) is 0 Å². The van der Waals surface area contributed by atoms with Crippen LogP contribution in [-0.2, 0) is 4.79 Å². The Morgan fingerprint density at radius 1 is 1.32 bits per heavy atom. The lowest BCUT2D eigenvalue weighted by Crippen LogP contribution is -2.39. The van der Waals surface area contributed by atoms with Crippen LogP contribution in [0.2, 0.25) is 0 Å². The summed E-state index contributed by atoms with van der Waals surface area (Å²) >= 11 is 0. The SMILES string of the molecule is Cc1ccc(C(=O)Nc2cc3n(c2)C(CC(=O)O)CNC3=O)c(C)c1. The Balaban J connectivity index is 1.85. The number of carbonyl (C=O) groups is 3. The number of nitrogens with one attached hydrogen (secondary N) is 2. The highest BCUT2D eigenvalue weighted by Crippen LogP contribution is 2.25. The van der Waals surface area contributed by atoms with Gasteiger partial charge in [0.05, 0.1) is 18.2 Å². The fourth-order valence-electron chi connectivity index (χ4n) is 3.07. The van der Waals surface area contributed by atoms with Gasteiger partial charge in [-0.05, 0) is 31.5 Å². The first-order chi connectivity index (χ1) is 11.8. The van der Waals surface area contributed by atoms with Gasteiger partial charge < -0.3 is 20.3 Å². The van der Waals surface area contributed by atoms with E-state index in [2.05, 4.69) is 10.6 Å². The molecule has 0 saturated carbocycles. The van der Waals surface area contributed by atoms with Crippen LogP contribution in [0.3, 0.4) is 0 Å². The molecule has 0 spiro atoms. The van der Waals surface area contributed by atoms with Gasteiger partial charge in [-0.25, -0.2) is 0 Å². The average molecular weight is 341 g/mol. The third-order valence-electron chi connectivity index (χ3n) is 4.27. The van der Waals surface area contributed by atoms with Crippen molar-refractivity contribution in [2.75, 3.05) is 11.9 Å². The molecule has 2 heterocycles. The lowest BCUT2D eigenvalue weighted by atomic mass is 10.1. The topological polar surface area (TPSA) is 100 Å². The zero-order valence-corrected chi connectivity index (χ0v) is 14.0. The number of amides is 2. The van der Waals surface area contributed by atoms with Crippen molar-refractivity contribution in [1.82, 2.24) is 9.88 Å². The van der Waals surface area contributed by atoms with E-state index in [4.69, 9.17) is 5.11 Å². The summed E-state index contributed by atoms with van der Waals surface area (Å²) in [5.74, 6) is -1.49. The summed E-state index contributed by atoms with van der Waals surface area (Å²) in [4.78, 5) is 35.5. The van der Waals surface area contributed by atoms with Crippen LogP contribution in [0, 0.1) is 13.8 Å². The Morgan fingerprint density at radius 2 is 2.08 bits per heavy atom. The Kier molecular flexibility index (Phi) is 4.31. The quantitative estimate of drug-likeness (QED) is 0.793. The molecular weight excluding hydrogens is 322 g/mol. The van der Waals surface area contributed by atoms with Crippen molar-refractivity contribution < 1.29 is 19.5 Å². The number of hydrogen-bond acceptors (Lipinski definition) is 3. The number of carbonyl (C=O) groups excluding carboxylic acids is 2. The van der Waals surface area contributed by atoms with E-state index in [1.807, 2.05) is 26.0 Å². The van der Waals surface area contributed by atoms with Gasteiger partial charge in [0, 0.05) is 18.3 Å². The largest absolute Gasteiger partial charge is 0.481 e. The van der Waals surface area contributed by atoms with Gasteiger partial charge in [-0.2, -0.15) is 0 Å². The highest BCUT2D eigenvalue weighted by molar-refractivity contribution is 6.06. The van der Waals surface area contributed by atoms with Gasteiger partial charge >= 0.3 is 5.97 Å². The summed E-state index contributed by atoms with van der Waals surface area (Å²) in [6.45, 7) is 4.07. The van der Waals surface area contributed by atoms with Crippen LogP contribution < -0.4 is 10.6 Å². The molecule has 3 rings (SSSR count). The van der Waals surface area contributed by atoms with E-state index in [1.165, 1.54) is 0 Å². The third-order valence-corrected chi connectivity index (χ3v) is 4.27. The summed E-state index contributed by atoms with van der Waals surface area (Å²) in [6.07, 6.45) is 1.51. The molecule has 0 saturated heterocycles. The van der Waals surface area contributed by atoms with Crippen molar-refractivity contribution >= 4 is 23.5 Å². The first kappa shape index (κ1) is 16.8. The summed E-state index contributed by atoms with van der Waals surface area (Å²) in [5, 5.41) is 14.5. The van der Waals surface area contributed by atoms with Crippen molar-refractivity contribution in [3.63, 3.8) is 0 Å². The molecule has 1 aliphatic heterocycles. The van der Waals surface area contributed by atoms with E-state index in [0.29, 0.717) is 16.9 Å². The first-order valence-corrected chi connectivity index (χ1v) is 7.95. The lowest BCUT2D eigenvalue weighted by molar-refractivity contribution is -0.137. The minimum Gasteiger partial charge on any atom is -0.481 e. The van der Waals surface area contributed by atoms with E-state index in [1.54, 1.807) is 22.9 Å². The summed E-state index contributed by atoms with van der Waals surface area (Å²) < 4.78 is 1.62. The third kappa shape index (κ3) is 3.40. The Labute approximate surface area is 144 Å². The maximum atomic E-state index is 12.5. The molecule has 0 fully saturated rings. The fraction of sp³-hybridized carbons (Fsp3) is 0.278. The monoisotopic (exact) mass is 341 g/mol. The van der Waals surface area contributed by atoms with Crippen LogP contribution in [0.5, 0.6) is 0 Å². The van der Waals surface area contributed by atoms with E-state index < -0.39 is 5.97 Å². The van der Waals surface area contributed by atoms with Crippen molar-refractivity contribution in [3.8, 4) is 0 Å². The van der Waals surface area contributed by atoms with E-state index in [9.17, 15) is 14.4 Å². The number of anilines is 1. The molecule has 0 bridgehead atoms. The van der Waals surface area contributed by atoms with Gasteiger partial charge in [0.15, 0.2) is 0 Å². The van der Waals surface area contributed by atoms with Gasteiger partial charge in [-0.15, -0.1) is 0 Å². The molecular formula is C18H19N3O4. The van der Waals surface area contributed by atoms with Crippen molar-refractivity contribution in [1.29, 1.82) is 0 Å². The molecule has 1 unspecified atom stereocenters. The molecule has 2 aromatic rings. The number of carboxylic acid groups (broad SMARTS) is 1. The smallest absolute Gasteiger partial charge is 0.305 e. The second kappa shape index (κ2) is 6.43. The minimum atomic E-state index is -0.943. The van der Waals surface area contributed by atoms with Crippen molar-refractivity contribution in [2.24, 2.45) is 0 Å². The molecule has 130 valence electrons. The van der Waals surface area contributed by atoms with Crippen molar-refractivity contribution in [2.45, 2.75) is 26.3 Å². The molecule has 7 nitrogen and oxygen atoms in total. The Morgan fingerprint density at radius 3 is 2.76 bits per heavy atom. The first-order valence-electron chi connectivity index (χ1n) is 7.95. The number of fused-ring (bicyclic) bond motifs is 1. The zero-order chi connectivity index (χ0) is 18.1. The summed E-state index contributed by atoms with van der Waals surface area (Å²) in [5.41, 5.74) is 3.30. The van der Waals surface area contributed by atoms with Gasteiger partial charge in [0.1, 0.15) is 5.69 Å². The zero-order valence-electron chi connectivity index (χ0n) is 14.0. The molecule has 3 N–H and O–H groups in total. The van der Waals surface area contributed by atoms with E-state index in [0.717, 1.165) is 11.1 Å². The van der Waals surface area contributed by atoms with E-state index >= 15 is 0 Å². The standard InChI is InChI=1S/C18H19N3O4/c1-10-3-4-14(11(2)5-10)17(24)20-12-6-15-18(25)19-8-13(7-16(22)23)21(15)9-12/h3-6,9,13H,7-8H2,1-2H3,(H,19,25)(H,20,24)(H,22,23). The number of aromatic nitrogens is 1. The number of rotatable bonds is 4. The lowest BCUT2D eigenvalue weighted by Gasteiger charge is -2.24. The predicted octanol–water partition coefficient (Wildman–Crippen LogP) is 2.12. The normalized spacial score (nSPS) is 16.1. The van der Waals surface area contributed by atoms with Crippen LogP contribution in [0.15, 0.2) is 30.5 Å². The number of nitrogens with zero attached hydrogens (tertiary/aromatic N) is 1. The van der Waals surface area contributed by atoms with Crippen LogP contribution >= 0.6 is 0 Å². The molecule has 1 aromatic carbocycles. The number of aryl methyl sites for hydroxylation is 2. The molecule has 0 aliphatic carbocycles. The molecule has 1 atom stereocenters. The van der Waals surface area contributed by atoms with E-state index in [-0.39, 0.29) is 30.8 Å². The van der Waals surface area contributed by atoms with Crippen molar-refractivity contribution in [3.05, 3.63) is 52.8 Å². The second-order valence-corrected chi connectivity index (χ2v) is 6.26. The molecule has 2 amide bonds. The average Bonchev–Trinajstić information content (AvgIpc) is 2.94.